The molecule has 0 radical (unpaired) electrons. The number of hydrogen-bond donors (Lipinski definition) is 3. The molecular weight excluding hydrogens is 377 g/mol. The lowest BCUT2D eigenvalue weighted by Gasteiger charge is -2.24. The van der Waals surface area contributed by atoms with E-state index in [2.05, 4.69) is 25.6 Å². The van der Waals surface area contributed by atoms with Gasteiger partial charge in [-0.2, -0.15) is 5.26 Å². The maximum Gasteiger partial charge on any atom is 0.238 e. The molecule has 0 saturated carbocycles. The Hall–Kier alpha value is -3.55. The van der Waals surface area contributed by atoms with Gasteiger partial charge in [-0.25, -0.2) is 19.4 Å². The minimum absolute atomic E-state index is 0.144. The van der Waals surface area contributed by atoms with Gasteiger partial charge in [0.15, 0.2) is 11.5 Å². The minimum atomic E-state index is -0.985. The molecule has 2 unspecified atom stereocenters. The summed E-state index contributed by atoms with van der Waals surface area (Å²) in [5.41, 5.74) is 0.823. The number of nitrogens with one attached hydrogen (secondary N) is 3. The van der Waals surface area contributed by atoms with Crippen molar-refractivity contribution in [2.45, 2.75) is 6.10 Å². The number of aliphatic imine (C=N–C) groups is 1. The molecule has 3 rings (SSSR count). The van der Waals surface area contributed by atoms with Crippen LogP contribution in [0.2, 0.25) is 0 Å². The quantitative estimate of drug-likeness (QED) is 0.638. The number of ether oxygens (including phenoxy) is 1. The highest BCUT2D eigenvalue weighted by Crippen LogP contribution is 2.24. The van der Waals surface area contributed by atoms with Crippen molar-refractivity contribution < 1.29 is 13.9 Å². The number of aromatic nitrogens is 2. The van der Waals surface area contributed by atoms with Crippen molar-refractivity contribution in [1.29, 1.82) is 10.7 Å². The predicted octanol–water partition coefficient (Wildman–Crippen LogP) is 1.76. The molecule has 1 amide bonds. The summed E-state index contributed by atoms with van der Waals surface area (Å²) >= 11 is 0. The van der Waals surface area contributed by atoms with Gasteiger partial charge in [0.05, 0.1) is 25.1 Å². The van der Waals surface area contributed by atoms with Gasteiger partial charge in [-0.15, -0.1) is 0 Å². The molecule has 10 heteroatoms. The smallest absolute Gasteiger partial charge is 0.238 e. The first-order valence-corrected chi connectivity index (χ1v) is 8.80. The molecule has 2 heterocycles. The third-order valence-corrected chi connectivity index (χ3v) is 4.14. The number of carbonyl (C=O) groups excluding carboxylic acids is 1. The average molecular weight is 395 g/mol. The van der Waals surface area contributed by atoms with Crippen LogP contribution in [0.3, 0.4) is 0 Å². The SMILES string of the molecule is N#Cc1cnc(N=CC(C=N)C(=O)Nc2ccc(C3CNCCO3)c(F)c2)cn1. The standard InChI is InChI=1S/C19H18FN7O2/c20-16-5-13(1-2-15(16)17-10-23-3-4-29-17)27-19(28)12(6-21)8-25-18-11-24-14(7-22)9-26-18/h1-2,5-6,8-9,11-12,17,21,23H,3-4,10H2,(H,27,28). The van der Waals surface area contributed by atoms with E-state index in [9.17, 15) is 9.18 Å². The first-order valence-electron chi connectivity index (χ1n) is 8.80. The summed E-state index contributed by atoms with van der Waals surface area (Å²) in [5, 5.41) is 21.8. The second kappa shape index (κ2) is 9.59. The van der Waals surface area contributed by atoms with E-state index in [1.54, 1.807) is 12.1 Å². The molecule has 29 heavy (non-hydrogen) atoms. The molecule has 2 atom stereocenters. The zero-order valence-corrected chi connectivity index (χ0v) is 15.3. The van der Waals surface area contributed by atoms with Crippen molar-refractivity contribution in [3.63, 3.8) is 0 Å². The van der Waals surface area contributed by atoms with Crippen LogP contribution in [0.4, 0.5) is 15.9 Å². The maximum atomic E-state index is 14.4. The van der Waals surface area contributed by atoms with E-state index in [0.717, 1.165) is 12.8 Å². The first-order chi connectivity index (χ1) is 14.1. The van der Waals surface area contributed by atoms with E-state index < -0.39 is 17.6 Å². The lowest BCUT2D eigenvalue weighted by Crippen LogP contribution is -2.33. The molecule has 2 aromatic rings. The minimum Gasteiger partial charge on any atom is -0.371 e. The molecule has 1 aromatic carbocycles. The molecule has 1 saturated heterocycles. The number of benzene rings is 1. The molecule has 0 spiro atoms. The van der Waals surface area contributed by atoms with Crippen molar-refractivity contribution in [2.75, 3.05) is 25.0 Å². The van der Waals surface area contributed by atoms with Gasteiger partial charge in [0.1, 0.15) is 17.8 Å². The Morgan fingerprint density at radius 1 is 1.48 bits per heavy atom. The molecule has 9 nitrogen and oxygen atoms in total. The highest BCUT2D eigenvalue weighted by Gasteiger charge is 2.20. The number of halogens is 1. The topological polar surface area (TPSA) is 136 Å². The lowest BCUT2D eigenvalue weighted by molar-refractivity contribution is -0.116. The highest BCUT2D eigenvalue weighted by molar-refractivity contribution is 6.12. The number of carbonyl (C=O) groups is 1. The molecule has 0 bridgehead atoms. The summed E-state index contributed by atoms with van der Waals surface area (Å²) in [6, 6.07) is 6.21. The molecule has 1 aromatic heterocycles. The van der Waals surface area contributed by atoms with Crippen molar-refractivity contribution in [3.8, 4) is 6.07 Å². The summed E-state index contributed by atoms with van der Waals surface area (Å²) in [6.45, 7) is 1.76. The number of morpholine rings is 1. The van der Waals surface area contributed by atoms with Crippen LogP contribution in [0.15, 0.2) is 35.6 Å². The van der Waals surface area contributed by atoms with Gasteiger partial charge in [0.2, 0.25) is 5.91 Å². The number of rotatable bonds is 6. The van der Waals surface area contributed by atoms with Crippen LogP contribution in [0, 0.1) is 28.5 Å². The lowest BCUT2D eigenvalue weighted by atomic mass is 10.1. The van der Waals surface area contributed by atoms with E-state index in [1.807, 2.05) is 6.07 Å². The van der Waals surface area contributed by atoms with E-state index in [4.69, 9.17) is 15.4 Å². The van der Waals surface area contributed by atoms with Crippen LogP contribution in [0.5, 0.6) is 0 Å². The molecular formula is C19H18FN7O2. The summed E-state index contributed by atoms with van der Waals surface area (Å²) in [7, 11) is 0. The summed E-state index contributed by atoms with van der Waals surface area (Å²) < 4.78 is 20.0. The first kappa shape index (κ1) is 20.2. The summed E-state index contributed by atoms with van der Waals surface area (Å²) in [6.07, 6.45) is 4.29. The number of anilines is 1. The van der Waals surface area contributed by atoms with E-state index in [0.29, 0.717) is 18.7 Å². The molecule has 3 N–H and O–H groups in total. The monoisotopic (exact) mass is 395 g/mol. The number of nitrogens with zero attached hydrogens (tertiary/aromatic N) is 4. The number of nitriles is 1. The Kier molecular flexibility index (Phi) is 6.67. The largest absolute Gasteiger partial charge is 0.371 e. The van der Waals surface area contributed by atoms with Crippen molar-refractivity contribution >= 4 is 29.8 Å². The van der Waals surface area contributed by atoms with E-state index in [1.165, 1.54) is 24.7 Å². The van der Waals surface area contributed by atoms with Crippen LogP contribution in [-0.4, -0.2) is 48.0 Å². The Bertz CT molecular complexity index is 950. The number of hydrogen-bond acceptors (Lipinski definition) is 8. The molecule has 1 fully saturated rings. The third kappa shape index (κ3) is 5.25. The van der Waals surface area contributed by atoms with Crippen LogP contribution >= 0.6 is 0 Å². The van der Waals surface area contributed by atoms with Gasteiger partial charge in [0.25, 0.3) is 0 Å². The van der Waals surface area contributed by atoms with Crippen molar-refractivity contribution in [1.82, 2.24) is 15.3 Å². The molecule has 148 valence electrons. The van der Waals surface area contributed by atoms with Gasteiger partial charge in [-0.05, 0) is 12.1 Å². The van der Waals surface area contributed by atoms with Crippen molar-refractivity contribution in [2.24, 2.45) is 10.9 Å². The highest BCUT2D eigenvalue weighted by atomic mass is 19.1. The Morgan fingerprint density at radius 3 is 2.97 bits per heavy atom. The fraction of sp³-hybridized carbons (Fsp3) is 0.263. The normalized spacial score (nSPS) is 17.4. The maximum absolute atomic E-state index is 14.4. The average Bonchev–Trinajstić information content (AvgIpc) is 2.75. The van der Waals surface area contributed by atoms with Gasteiger partial charge < -0.3 is 20.8 Å². The van der Waals surface area contributed by atoms with E-state index >= 15 is 0 Å². The second-order valence-electron chi connectivity index (χ2n) is 6.13. The fourth-order valence-corrected chi connectivity index (χ4v) is 2.65. The van der Waals surface area contributed by atoms with Crippen LogP contribution in [0.25, 0.3) is 0 Å². The van der Waals surface area contributed by atoms with Gasteiger partial charge in [-0.1, -0.05) is 6.07 Å². The Morgan fingerprint density at radius 2 is 2.34 bits per heavy atom. The predicted molar refractivity (Wildman–Crippen MR) is 104 cm³/mol. The molecule has 1 aliphatic heterocycles. The third-order valence-electron chi connectivity index (χ3n) is 4.14. The molecule has 1 aliphatic rings. The van der Waals surface area contributed by atoms with Crippen molar-refractivity contribution in [3.05, 3.63) is 47.7 Å². The second-order valence-corrected chi connectivity index (χ2v) is 6.13. The Balaban J connectivity index is 1.65. The van der Waals surface area contributed by atoms with Crippen LogP contribution < -0.4 is 10.6 Å². The van der Waals surface area contributed by atoms with Gasteiger partial charge in [0, 0.05) is 36.8 Å². The summed E-state index contributed by atoms with van der Waals surface area (Å²) in [4.78, 5) is 24.1. The van der Waals surface area contributed by atoms with Gasteiger partial charge in [-0.3, -0.25) is 4.79 Å². The summed E-state index contributed by atoms with van der Waals surface area (Å²) in [5.74, 6) is -1.82. The number of amides is 1. The molecule has 0 aliphatic carbocycles. The van der Waals surface area contributed by atoms with Crippen LogP contribution in [-0.2, 0) is 9.53 Å². The zero-order valence-electron chi connectivity index (χ0n) is 15.3. The van der Waals surface area contributed by atoms with Crippen LogP contribution in [0.1, 0.15) is 17.4 Å². The Labute approximate surface area is 166 Å². The zero-order chi connectivity index (χ0) is 20.6. The van der Waals surface area contributed by atoms with E-state index in [-0.39, 0.29) is 23.3 Å². The van der Waals surface area contributed by atoms with Gasteiger partial charge >= 0.3 is 0 Å². The fourth-order valence-electron chi connectivity index (χ4n) is 2.65.